The van der Waals surface area contributed by atoms with Crippen molar-refractivity contribution in [3.63, 3.8) is 0 Å². The number of hydrogen-bond acceptors (Lipinski definition) is 6. The summed E-state index contributed by atoms with van der Waals surface area (Å²) in [6.07, 6.45) is 6.99. The van der Waals surface area contributed by atoms with Crippen LogP contribution in [0.5, 0.6) is 0 Å². The second kappa shape index (κ2) is 12.8. The lowest BCUT2D eigenvalue weighted by atomic mass is 9.77. The zero-order valence-electron chi connectivity index (χ0n) is 21.8. The van der Waals surface area contributed by atoms with Crippen molar-refractivity contribution in [3.8, 4) is 0 Å². The lowest BCUT2D eigenvalue weighted by molar-refractivity contribution is -0.134. The number of allylic oxidation sites excluding steroid dienone is 2. The molecule has 2 aliphatic rings. The number of nitrogens with zero attached hydrogens (tertiary/aromatic N) is 3. The summed E-state index contributed by atoms with van der Waals surface area (Å²) < 4.78 is 0. The molecule has 1 saturated heterocycles. The molecule has 1 aliphatic carbocycles. The van der Waals surface area contributed by atoms with Crippen molar-refractivity contribution in [2.24, 2.45) is 5.41 Å². The Morgan fingerprint density at radius 3 is 2.30 bits per heavy atom. The fraction of sp³-hybridized carbons (Fsp3) is 0.519. The molecule has 0 bridgehead atoms. The van der Waals surface area contributed by atoms with Crippen molar-refractivity contribution in [3.05, 3.63) is 60.2 Å². The molecule has 10 heteroatoms. The molecular weight excluding hydrogens is 474 g/mol. The van der Waals surface area contributed by atoms with Gasteiger partial charge in [-0.05, 0) is 26.0 Å². The number of benzene rings is 1. The number of aliphatic hydroxyl groups is 1. The number of carbonyl (C=O) groups excluding carboxylic acids is 3. The molecule has 202 valence electrons. The van der Waals surface area contributed by atoms with Crippen LogP contribution in [0.1, 0.15) is 31.7 Å². The first kappa shape index (κ1) is 28.4. The molecule has 1 aliphatic heterocycles. The predicted octanol–water partition coefficient (Wildman–Crippen LogP) is 1.33. The van der Waals surface area contributed by atoms with Gasteiger partial charge in [-0.15, -0.1) is 0 Å². The van der Waals surface area contributed by atoms with E-state index in [9.17, 15) is 24.7 Å². The monoisotopic (exact) mass is 513 g/mol. The van der Waals surface area contributed by atoms with Gasteiger partial charge in [0.25, 0.3) is 0 Å². The molecule has 37 heavy (non-hydrogen) atoms. The fourth-order valence-electron chi connectivity index (χ4n) is 4.45. The van der Waals surface area contributed by atoms with Crippen molar-refractivity contribution in [1.82, 2.24) is 25.5 Å². The quantitative estimate of drug-likeness (QED) is 0.224. The smallest absolute Gasteiger partial charge is 0.343 e. The van der Waals surface area contributed by atoms with E-state index in [1.165, 1.54) is 6.92 Å². The molecule has 1 aromatic rings. The highest BCUT2D eigenvalue weighted by Crippen LogP contribution is 2.34. The molecule has 10 nitrogen and oxygen atoms in total. The second-order valence-electron chi connectivity index (χ2n) is 9.73. The van der Waals surface area contributed by atoms with E-state index < -0.39 is 29.5 Å². The third-order valence-corrected chi connectivity index (χ3v) is 7.06. The first-order valence-corrected chi connectivity index (χ1v) is 12.8. The van der Waals surface area contributed by atoms with Crippen LogP contribution in [0.2, 0.25) is 0 Å². The first-order valence-electron chi connectivity index (χ1n) is 12.8. The summed E-state index contributed by atoms with van der Waals surface area (Å²) in [5.41, 5.74) is 0.181. The van der Waals surface area contributed by atoms with Gasteiger partial charge in [-0.1, -0.05) is 61.6 Å². The zero-order chi connectivity index (χ0) is 27.0. The van der Waals surface area contributed by atoms with Crippen molar-refractivity contribution in [2.45, 2.75) is 38.3 Å². The van der Waals surface area contributed by atoms with Gasteiger partial charge in [-0.2, -0.15) is 0 Å². The van der Waals surface area contributed by atoms with Crippen molar-refractivity contribution in [2.75, 3.05) is 46.3 Å². The number of hydrogen-bond donors (Lipinski definition) is 4. The minimum Gasteiger partial charge on any atom is -0.391 e. The maximum Gasteiger partial charge on any atom is 0.343 e. The van der Waals surface area contributed by atoms with E-state index in [0.717, 1.165) is 18.7 Å². The molecule has 0 radical (unpaired) electrons. The van der Waals surface area contributed by atoms with E-state index >= 15 is 0 Å². The number of amides is 4. The average molecular weight is 514 g/mol. The lowest BCUT2D eigenvalue weighted by Gasteiger charge is -2.34. The highest BCUT2D eigenvalue weighted by atomic mass is 16.5. The first-order chi connectivity index (χ1) is 17.7. The van der Waals surface area contributed by atoms with Crippen LogP contribution in [-0.2, 0) is 9.59 Å². The van der Waals surface area contributed by atoms with Gasteiger partial charge < -0.3 is 25.5 Å². The molecule has 0 unspecified atom stereocenters. The Balaban J connectivity index is 1.54. The van der Waals surface area contributed by atoms with E-state index in [2.05, 4.69) is 15.5 Å². The molecule has 3 rings (SSSR count). The number of nitrogens with one attached hydrogen (secondary N) is 2. The molecule has 1 heterocycles. The maximum atomic E-state index is 13.3. The third kappa shape index (κ3) is 7.18. The van der Waals surface area contributed by atoms with Gasteiger partial charge in [0, 0.05) is 38.6 Å². The van der Waals surface area contributed by atoms with Crippen LogP contribution in [0, 0.1) is 5.41 Å². The summed E-state index contributed by atoms with van der Waals surface area (Å²) in [4.78, 5) is 42.1. The molecule has 4 amide bonds. The molecule has 0 spiro atoms. The van der Waals surface area contributed by atoms with Crippen LogP contribution in [0.4, 0.5) is 4.79 Å². The Bertz CT molecular complexity index is 974. The van der Waals surface area contributed by atoms with Gasteiger partial charge in [-0.3, -0.25) is 14.8 Å². The fourth-order valence-corrected chi connectivity index (χ4v) is 4.45. The zero-order valence-corrected chi connectivity index (χ0v) is 21.8. The van der Waals surface area contributed by atoms with Gasteiger partial charge in [0.15, 0.2) is 0 Å². The molecule has 2 atom stereocenters. The summed E-state index contributed by atoms with van der Waals surface area (Å²) in [6.45, 7) is 5.64. The van der Waals surface area contributed by atoms with Gasteiger partial charge >= 0.3 is 6.03 Å². The number of carbonyl (C=O) groups is 3. The SMILES string of the molecule is CCC1(C(=O)N[C@H](C(=O)NCCN(O)C(=O)N2CCN(C)CC2)[C@@H](C)O)C=CC(c2ccccc2)C=C1. The average Bonchev–Trinajstić information content (AvgIpc) is 2.91. The molecule has 0 aromatic heterocycles. The number of rotatable bonds is 9. The number of likely N-dealkylation sites (N-methyl/N-ethyl adjacent to an activating group) is 1. The standard InChI is InChI=1S/C27H39N5O5/c1-4-27(12-10-22(11-13-27)21-8-6-5-7-9-21)25(35)29-23(20(2)33)24(34)28-14-15-32(37)26(36)31-18-16-30(3)17-19-31/h5-13,20,22-23,33,37H,4,14-19H2,1-3H3,(H,28,34)(H,29,35)/t20-,22?,23+,27?/m1/s1. The Kier molecular flexibility index (Phi) is 9.85. The van der Waals surface area contributed by atoms with Crippen LogP contribution >= 0.6 is 0 Å². The van der Waals surface area contributed by atoms with Crippen LogP contribution in [0.3, 0.4) is 0 Å². The van der Waals surface area contributed by atoms with Crippen molar-refractivity contribution >= 4 is 17.8 Å². The Labute approximate surface area is 218 Å². The van der Waals surface area contributed by atoms with E-state index in [1.54, 1.807) is 4.90 Å². The summed E-state index contributed by atoms with van der Waals surface area (Å²) in [7, 11) is 1.97. The van der Waals surface area contributed by atoms with E-state index in [1.807, 2.05) is 68.6 Å². The third-order valence-electron chi connectivity index (χ3n) is 7.06. The number of hydroxylamine groups is 2. The van der Waals surface area contributed by atoms with Crippen molar-refractivity contribution < 1.29 is 24.7 Å². The summed E-state index contributed by atoms with van der Waals surface area (Å²) in [5, 5.41) is 26.2. The minimum absolute atomic E-state index is 0.0363. The predicted molar refractivity (Wildman–Crippen MR) is 140 cm³/mol. The van der Waals surface area contributed by atoms with E-state index in [4.69, 9.17) is 0 Å². The summed E-state index contributed by atoms with van der Waals surface area (Å²) in [6, 6.07) is 8.23. The number of urea groups is 1. The summed E-state index contributed by atoms with van der Waals surface area (Å²) >= 11 is 0. The molecule has 4 N–H and O–H groups in total. The number of piperazine rings is 1. The maximum absolute atomic E-state index is 13.3. The van der Waals surface area contributed by atoms with Gasteiger partial charge in [0.2, 0.25) is 11.8 Å². The van der Waals surface area contributed by atoms with Crippen LogP contribution < -0.4 is 10.6 Å². The Hall–Kier alpha value is -3.21. The summed E-state index contributed by atoms with van der Waals surface area (Å²) in [5.74, 6) is -0.926. The van der Waals surface area contributed by atoms with Crippen LogP contribution in [0.25, 0.3) is 0 Å². The molecule has 1 fully saturated rings. The van der Waals surface area contributed by atoms with E-state index in [0.29, 0.717) is 24.6 Å². The highest BCUT2D eigenvalue weighted by molar-refractivity contribution is 5.92. The topological polar surface area (TPSA) is 125 Å². The van der Waals surface area contributed by atoms with E-state index in [-0.39, 0.29) is 24.9 Å². The largest absolute Gasteiger partial charge is 0.391 e. The Morgan fingerprint density at radius 2 is 1.73 bits per heavy atom. The van der Waals surface area contributed by atoms with Gasteiger partial charge in [0.1, 0.15) is 6.04 Å². The highest BCUT2D eigenvalue weighted by Gasteiger charge is 2.37. The van der Waals surface area contributed by atoms with Crippen molar-refractivity contribution in [1.29, 1.82) is 0 Å². The minimum atomic E-state index is -1.19. The van der Waals surface area contributed by atoms with Gasteiger partial charge in [-0.25, -0.2) is 9.86 Å². The second-order valence-corrected chi connectivity index (χ2v) is 9.73. The van der Waals surface area contributed by atoms with Crippen LogP contribution in [-0.4, -0.2) is 101 Å². The Morgan fingerprint density at radius 1 is 1.11 bits per heavy atom. The van der Waals surface area contributed by atoms with Gasteiger partial charge in [0.05, 0.1) is 18.1 Å². The molecule has 0 saturated carbocycles. The lowest BCUT2D eigenvalue weighted by Crippen LogP contribution is -2.56. The normalized spacial score (nSPS) is 23.3. The molecule has 1 aromatic carbocycles. The number of aliphatic hydroxyl groups excluding tert-OH is 1. The van der Waals surface area contributed by atoms with Crippen LogP contribution in [0.15, 0.2) is 54.6 Å². The molecular formula is C27H39N5O5.